The molecule has 2 nitrogen and oxygen atoms in total. The monoisotopic (exact) mass is 314 g/mol. The molecule has 0 atom stereocenters. The van der Waals surface area contributed by atoms with Gasteiger partial charge in [-0.1, -0.05) is 67.6 Å². The highest BCUT2D eigenvalue weighted by atomic mass is 16.1. The predicted octanol–water partition coefficient (Wildman–Crippen LogP) is 5.21. The summed E-state index contributed by atoms with van der Waals surface area (Å²) in [5.41, 5.74) is 5.62. The van der Waals surface area contributed by atoms with Crippen molar-refractivity contribution >= 4 is 12.6 Å². The predicted molar refractivity (Wildman–Crippen MR) is 97.5 cm³/mol. The van der Waals surface area contributed by atoms with Crippen molar-refractivity contribution in [3.8, 4) is 22.3 Å². The molecule has 0 saturated carbocycles. The molecular formula is C22H18O2. The molecule has 0 aromatic heterocycles. The molecule has 0 fully saturated rings. The molecule has 3 aromatic rings. The van der Waals surface area contributed by atoms with Crippen molar-refractivity contribution in [1.29, 1.82) is 0 Å². The zero-order chi connectivity index (χ0) is 16.9. The molecule has 118 valence electrons. The van der Waals surface area contributed by atoms with Gasteiger partial charge in [-0.15, -0.1) is 0 Å². The second-order valence-electron chi connectivity index (χ2n) is 5.61. The molecule has 0 spiro atoms. The second-order valence-corrected chi connectivity index (χ2v) is 5.61. The highest BCUT2D eigenvalue weighted by Gasteiger charge is 2.18. The minimum Gasteiger partial charge on any atom is -0.298 e. The van der Waals surface area contributed by atoms with Crippen molar-refractivity contribution in [2.24, 2.45) is 0 Å². The number of carbonyl (C=O) groups excluding carboxylic acids is 2. The van der Waals surface area contributed by atoms with Gasteiger partial charge in [0.1, 0.15) is 0 Å². The van der Waals surface area contributed by atoms with Gasteiger partial charge >= 0.3 is 0 Å². The highest BCUT2D eigenvalue weighted by molar-refractivity contribution is 6.03. The molecule has 0 aliphatic rings. The van der Waals surface area contributed by atoms with E-state index in [1.165, 1.54) is 0 Å². The maximum atomic E-state index is 11.9. The summed E-state index contributed by atoms with van der Waals surface area (Å²) in [7, 11) is 0. The van der Waals surface area contributed by atoms with Crippen LogP contribution in [-0.4, -0.2) is 12.6 Å². The van der Waals surface area contributed by atoms with Crippen molar-refractivity contribution in [1.82, 2.24) is 0 Å². The topological polar surface area (TPSA) is 34.1 Å². The second kappa shape index (κ2) is 7.05. The molecule has 3 aromatic carbocycles. The Morgan fingerprint density at radius 2 is 1.29 bits per heavy atom. The molecule has 0 saturated heterocycles. The summed E-state index contributed by atoms with van der Waals surface area (Å²) < 4.78 is 0. The Morgan fingerprint density at radius 3 is 1.79 bits per heavy atom. The molecule has 2 heteroatoms. The summed E-state index contributed by atoms with van der Waals surface area (Å²) in [6.45, 7) is 1.99. The number of aryl methyl sites for hydroxylation is 1. The molecule has 0 N–H and O–H groups in total. The van der Waals surface area contributed by atoms with Gasteiger partial charge in [-0.2, -0.15) is 0 Å². The smallest absolute Gasteiger partial charge is 0.151 e. The van der Waals surface area contributed by atoms with Crippen LogP contribution in [0.4, 0.5) is 0 Å². The van der Waals surface area contributed by atoms with Crippen LogP contribution in [0.15, 0.2) is 66.7 Å². The SMILES string of the molecule is CCc1cc(-c2ccccc2)c(-c2ccccc2)c(C=O)c1C=O. The van der Waals surface area contributed by atoms with Gasteiger partial charge in [0.15, 0.2) is 12.6 Å². The van der Waals surface area contributed by atoms with Gasteiger partial charge in [-0.3, -0.25) is 9.59 Å². The molecule has 3 rings (SSSR count). The van der Waals surface area contributed by atoms with Crippen molar-refractivity contribution in [2.75, 3.05) is 0 Å². The van der Waals surface area contributed by atoms with Crippen LogP contribution in [0.1, 0.15) is 33.2 Å². The normalized spacial score (nSPS) is 10.4. The van der Waals surface area contributed by atoms with Crippen molar-refractivity contribution in [3.63, 3.8) is 0 Å². The third kappa shape index (κ3) is 2.79. The summed E-state index contributed by atoms with van der Waals surface area (Å²) >= 11 is 0. The standard InChI is InChI=1S/C22H18O2/c1-2-16-13-19(17-9-5-3-6-10-17)22(18-11-7-4-8-12-18)21(15-24)20(16)14-23/h3-15H,2H2,1H3. The van der Waals surface area contributed by atoms with Crippen LogP contribution in [0.5, 0.6) is 0 Å². The third-order valence-corrected chi connectivity index (χ3v) is 4.26. The molecule has 0 aliphatic heterocycles. The first-order valence-electron chi connectivity index (χ1n) is 8.01. The zero-order valence-electron chi connectivity index (χ0n) is 13.5. The Kier molecular flexibility index (Phi) is 4.66. The number of benzene rings is 3. The zero-order valence-corrected chi connectivity index (χ0v) is 13.5. The lowest BCUT2D eigenvalue weighted by molar-refractivity contribution is 0.109. The summed E-state index contributed by atoms with van der Waals surface area (Å²) in [6.07, 6.45) is 2.30. The fraction of sp³-hybridized carbons (Fsp3) is 0.0909. The van der Waals surface area contributed by atoms with Crippen LogP contribution in [-0.2, 0) is 6.42 Å². The number of rotatable bonds is 5. The van der Waals surface area contributed by atoms with Gasteiger partial charge in [-0.05, 0) is 34.7 Å². The minimum atomic E-state index is 0.467. The number of hydrogen-bond donors (Lipinski definition) is 0. The average Bonchev–Trinajstić information content (AvgIpc) is 2.67. The number of hydrogen-bond acceptors (Lipinski definition) is 2. The third-order valence-electron chi connectivity index (χ3n) is 4.26. The molecule has 0 amide bonds. The maximum Gasteiger partial charge on any atom is 0.151 e. The van der Waals surface area contributed by atoms with Gasteiger partial charge in [-0.25, -0.2) is 0 Å². The summed E-state index contributed by atoms with van der Waals surface area (Å²) in [4.78, 5) is 23.5. The van der Waals surface area contributed by atoms with Crippen molar-refractivity contribution in [3.05, 3.63) is 83.4 Å². The van der Waals surface area contributed by atoms with E-state index in [-0.39, 0.29) is 0 Å². The Bertz CT molecular complexity index is 865. The number of carbonyl (C=O) groups is 2. The Hall–Kier alpha value is -3.00. The van der Waals surface area contributed by atoms with Gasteiger partial charge in [0.25, 0.3) is 0 Å². The van der Waals surface area contributed by atoms with Gasteiger partial charge in [0.05, 0.1) is 0 Å². The summed E-state index contributed by atoms with van der Waals surface area (Å²) in [6, 6.07) is 21.7. The lowest BCUT2D eigenvalue weighted by atomic mass is 9.85. The van der Waals surface area contributed by atoms with Crippen LogP contribution >= 0.6 is 0 Å². The van der Waals surface area contributed by atoms with E-state index in [1.54, 1.807) is 0 Å². The largest absolute Gasteiger partial charge is 0.298 e. The molecule has 0 bridgehead atoms. The lowest BCUT2D eigenvalue weighted by Gasteiger charge is -2.17. The van der Waals surface area contributed by atoms with Crippen molar-refractivity contribution < 1.29 is 9.59 Å². The first-order chi connectivity index (χ1) is 11.8. The van der Waals surface area contributed by atoms with Crippen LogP contribution in [0.2, 0.25) is 0 Å². The van der Waals surface area contributed by atoms with E-state index < -0.39 is 0 Å². The van der Waals surface area contributed by atoms with E-state index in [9.17, 15) is 9.59 Å². The molecule has 0 radical (unpaired) electrons. The van der Waals surface area contributed by atoms with Gasteiger partial charge in [0.2, 0.25) is 0 Å². The van der Waals surface area contributed by atoms with E-state index >= 15 is 0 Å². The minimum absolute atomic E-state index is 0.467. The van der Waals surface area contributed by atoms with Crippen LogP contribution in [0.3, 0.4) is 0 Å². The summed E-state index contributed by atoms with van der Waals surface area (Å²) in [5, 5.41) is 0. The average molecular weight is 314 g/mol. The molecule has 0 aliphatic carbocycles. The van der Waals surface area contributed by atoms with E-state index in [1.807, 2.05) is 73.7 Å². The molecule has 24 heavy (non-hydrogen) atoms. The maximum absolute atomic E-state index is 11.9. The quantitative estimate of drug-likeness (QED) is 0.606. The lowest BCUT2D eigenvalue weighted by Crippen LogP contribution is -2.03. The van der Waals surface area contributed by atoms with E-state index in [2.05, 4.69) is 0 Å². The van der Waals surface area contributed by atoms with Crippen LogP contribution in [0.25, 0.3) is 22.3 Å². The molecular weight excluding hydrogens is 296 g/mol. The fourth-order valence-corrected chi connectivity index (χ4v) is 3.09. The first kappa shape index (κ1) is 15.9. The number of aldehydes is 2. The summed E-state index contributed by atoms with van der Waals surface area (Å²) in [5.74, 6) is 0. The van der Waals surface area contributed by atoms with E-state index in [0.717, 1.165) is 40.4 Å². The van der Waals surface area contributed by atoms with E-state index in [0.29, 0.717) is 17.5 Å². The van der Waals surface area contributed by atoms with Gasteiger partial charge < -0.3 is 0 Å². The Balaban J connectivity index is 2.43. The van der Waals surface area contributed by atoms with Crippen LogP contribution in [0, 0.1) is 0 Å². The Morgan fingerprint density at radius 1 is 0.750 bits per heavy atom. The molecule has 0 heterocycles. The fourth-order valence-electron chi connectivity index (χ4n) is 3.09. The van der Waals surface area contributed by atoms with E-state index in [4.69, 9.17) is 0 Å². The first-order valence-corrected chi connectivity index (χ1v) is 8.01. The Labute approximate surface area is 141 Å². The van der Waals surface area contributed by atoms with Gasteiger partial charge in [0, 0.05) is 16.7 Å². The highest BCUT2D eigenvalue weighted by Crippen LogP contribution is 2.37. The molecule has 0 unspecified atom stereocenters. The van der Waals surface area contributed by atoms with Crippen molar-refractivity contribution in [2.45, 2.75) is 13.3 Å². The van der Waals surface area contributed by atoms with Crippen LogP contribution < -0.4 is 0 Å².